The number of hydrogen-bond acceptors (Lipinski definition) is 3. The van der Waals surface area contributed by atoms with Crippen LogP contribution in [0.4, 0.5) is 5.69 Å². The van der Waals surface area contributed by atoms with Gasteiger partial charge in [-0.05, 0) is 18.6 Å². The Morgan fingerprint density at radius 2 is 2.27 bits per heavy atom. The molecule has 1 fully saturated rings. The fraction of sp³-hybridized carbons (Fsp3) is 0.364. The molecule has 0 bridgehead atoms. The van der Waals surface area contributed by atoms with E-state index < -0.39 is 0 Å². The Morgan fingerprint density at radius 3 is 2.93 bits per heavy atom. The SMILES string of the molecule is COc1ccccc1NC1CCO[C]1Cl. The highest BCUT2D eigenvalue weighted by Gasteiger charge is 2.28. The largest absolute Gasteiger partial charge is 0.495 e. The van der Waals surface area contributed by atoms with Gasteiger partial charge in [0.2, 0.25) is 5.56 Å². The van der Waals surface area contributed by atoms with Crippen molar-refractivity contribution < 1.29 is 9.47 Å². The number of ether oxygens (including phenoxy) is 2. The molecule has 1 N–H and O–H groups in total. The van der Waals surface area contributed by atoms with Gasteiger partial charge in [-0.2, -0.15) is 0 Å². The van der Waals surface area contributed by atoms with E-state index in [0.717, 1.165) is 17.9 Å². The summed E-state index contributed by atoms with van der Waals surface area (Å²) in [7, 11) is 1.65. The van der Waals surface area contributed by atoms with E-state index in [9.17, 15) is 0 Å². The Bertz CT molecular complexity index is 332. The van der Waals surface area contributed by atoms with E-state index in [0.29, 0.717) is 12.2 Å². The molecule has 1 unspecified atom stereocenters. The number of halogens is 1. The highest BCUT2D eigenvalue weighted by Crippen LogP contribution is 2.31. The van der Waals surface area contributed by atoms with Crippen LogP contribution in [0.15, 0.2) is 24.3 Å². The summed E-state index contributed by atoms with van der Waals surface area (Å²) in [5.41, 5.74) is 1.47. The first kappa shape index (κ1) is 10.6. The molecule has 1 atom stereocenters. The molecule has 4 heteroatoms. The lowest BCUT2D eigenvalue weighted by Crippen LogP contribution is -2.20. The Balaban J connectivity index is 2.09. The Hall–Kier alpha value is -0.930. The number of rotatable bonds is 3. The van der Waals surface area contributed by atoms with Crippen molar-refractivity contribution in [1.29, 1.82) is 0 Å². The molecule has 2 rings (SSSR count). The molecule has 15 heavy (non-hydrogen) atoms. The van der Waals surface area contributed by atoms with Crippen LogP contribution in [-0.2, 0) is 4.74 Å². The molecule has 0 spiro atoms. The van der Waals surface area contributed by atoms with Gasteiger partial charge < -0.3 is 14.8 Å². The van der Waals surface area contributed by atoms with Crippen LogP contribution in [0.3, 0.4) is 0 Å². The summed E-state index contributed by atoms with van der Waals surface area (Å²) >= 11 is 5.91. The van der Waals surface area contributed by atoms with Gasteiger partial charge in [0, 0.05) is 0 Å². The normalized spacial score (nSPS) is 21.6. The van der Waals surface area contributed by atoms with Crippen molar-refractivity contribution in [2.45, 2.75) is 12.5 Å². The van der Waals surface area contributed by atoms with E-state index in [1.54, 1.807) is 7.11 Å². The van der Waals surface area contributed by atoms with Crippen molar-refractivity contribution in [2.75, 3.05) is 19.0 Å². The molecule has 0 saturated carbocycles. The van der Waals surface area contributed by atoms with E-state index in [2.05, 4.69) is 5.32 Å². The Morgan fingerprint density at radius 1 is 1.47 bits per heavy atom. The van der Waals surface area contributed by atoms with Gasteiger partial charge in [-0.1, -0.05) is 23.7 Å². The van der Waals surface area contributed by atoms with Gasteiger partial charge >= 0.3 is 0 Å². The van der Waals surface area contributed by atoms with E-state index in [1.807, 2.05) is 24.3 Å². The number of para-hydroxylation sites is 2. The lowest BCUT2D eigenvalue weighted by Gasteiger charge is -2.17. The topological polar surface area (TPSA) is 30.5 Å². The summed E-state index contributed by atoms with van der Waals surface area (Å²) in [5, 5.41) is 3.29. The molecule has 1 aliphatic rings. The molecule has 0 aliphatic carbocycles. The molecule has 3 nitrogen and oxygen atoms in total. The zero-order chi connectivity index (χ0) is 10.7. The van der Waals surface area contributed by atoms with Crippen molar-refractivity contribution in [2.24, 2.45) is 0 Å². The van der Waals surface area contributed by atoms with E-state index >= 15 is 0 Å². The molecule has 1 radical (unpaired) electrons. The summed E-state index contributed by atoms with van der Waals surface area (Å²) in [6.07, 6.45) is 0.886. The molecule has 0 amide bonds. The maximum atomic E-state index is 5.91. The summed E-state index contributed by atoms with van der Waals surface area (Å²) in [6.45, 7) is 0.672. The van der Waals surface area contributed by atoms with Gasteiger partial charge in [-0.15, -0.1) is 0 Å². The standard InChI is InChI=1S/C11H13ClNO2/c1-14-10-5-3-2-4-8(10)13-9-6-7-15-11(9)12/h2-5,9,13H,6-7H2,1H3. The number of benzene rings is 1. The third kappa shape index (κ3) is 2.36. The van der Waals surface area contributed by atoms with Gasteiger partial charge in [0.1, 0.15) is 5.75 Å². The van der Waals surface area contributed by atoms with Gasteiger partial charge in [-0.3, -0.25) is 0 Å². The monoisotopic (exact) mass is 226 g/mol. The van der Waals surface area contributed by atoms with Crippen LogP contribution in [0.25, 0.3) is 0 Å². The summed E-state index contributed by atoms with van der Waals surface area (Å²) in [4.78, 5) is 0. The second-order valence-electron chi connectivity index (χ2n) is 3.34. The number of nitrogens with one attached hydrogen (secondary N) is 1. The van der Waals surface area contributed by atoms with Crippen molar-refractivity contribution >= 4 is 17.3 Å². The molecule has 1 heterocycles. The smallest absolute Gasteiger partial charge is 0.206 e. The molecule has 1 aliphatic heterocycles. The minimum atomic E-state index is 0.0722. The predicted molar refractivity (Wildman–Crippen MR) is 60.1 cm³/mol. The van der Waals surface area contributed by atoms with Gasteiger partial charge in [0.25, 0.3) is 0 Å². The van der Waals surface area contributed by atoms with Crippen LogP contribution in [0, 0.1) is 5.56 Å². The highest BCUT2D eigenvalue weighted by atomic mass is 35.5. The molecule has 0 aromatic heterocycles. The minimum absolute atomic E-state index is 0.0722. The average Bonchev–Trinajstić information content (AvgIpc) is 2.65. The molecular weight excluding hydrogens is 214 g/mol. The minimum Gasteiger partial charge on any atom is -0.495 e. The van der Waals surface area contributed by atoms with E-state index in [1.165, 1.54) is 0 Å². The number of hydrogen-bond donors (Lipinski definition) is 1. The second-order valence-corrected chi connectivity index (χ2v) is 3.71. The third-order valence-corrected chi connectivity index (χ3v) is 2.73. The first-order valence-electron chi connectivity index (χ1n) is 4.86. The lowest BCUT2D eigenvalue weighted by atomic mass is 10.2. The maximum absolute atomic E-state index is 5.91. The zero-order valence-electron chi connectivity index (χ0n) is 8.50. The zero-order valence-corrected chi connectivity index (χ0v) is 9.25. The predicted octanol–water partition coefficient (Wildman–Crippen LogP) is 2.62. The quantitative estimate of drug-likeness (QED) is 0.860. The van der Waals surface area contributed by atoms with Gasteiger partial charge in [-0.25, -0.2) is 0 Å². The molecular formula is C11H13ClNO2. The summed E-state index contributed by atoms with van der Waals surface area (Å²) < 4.78 is 10.4. The van der Waals surface area contributed by atoms with Crippen LogP contribution in [0.1, 0.15) is 6.42 Å². The van der Waals surface area contributed by atoms with E-state index in [4.69, 9.17) is 21.1 Å². The van der Waals surface area contributed by atoms with Crippen molar-refractivity contribution in [3.8, 4) is 5.75 Å². The summed E-state index contributed by atoms with van der Waals surface area (Å²) in [5.74, 6) is 0.814. The van der Waals surface area contributed by atoms with E-state index in [-0.39, 0.29) is 6.04 Å². The van der Waals surface area contributed by atoms with Crippen LogP contribution in [0.5, 0.6) is 5.75 Å². The third-order valence-electron chi connectivity index (χ3n) is 2.36. The second kappa shape index (κ2) is 4.73. The highest BCUT2D eigenvalue weighted by molar-refractivity contribution is 6.26. The van der Waals surface area contributed by atoms with Crippen molar-refractivity contribution in [1.82, 2.24) is 0 Å². The van der Waals surface area contributed by atoms with Gasteiger partial charge in [0.05, 0.1) is 25.4 Å². The fourth-order valence-electron chi connectivity index (χ4n) is 1.57. The number of anilines is 1. The lowest BCUT2D eigenvalue weighted by molar-refractivity contribution is 0.235. The fourth-order valence-corrected chi connectivity index (χ4v) is 1.81. The average molecular weight is 227 g/mol. The summed E-state index contributed by atoms with van der Waals surface area (Å²) in [6, 6.07) is 7.82. The molecule has 1 aromatic rings. The Kier molecular flexibility index (Phi) is 3.34. The van der Waals surface area contributed by atoms with Crippen LogP contribution in [0.2, 0.25) is 0 Å². The van der Waals surface area contributed by atoms with Crippen molar-refractivity contribution in [3.63, 3.8) is 0 Å². The molecule has 81 valence electrons. The number of methoxy groups -OCH3 is 1. The first-order valence-corrected chi connectivity index (χ1v) is 5.24. The van der Waals surface area contributed by atoms with Crippen LogP contribution in [-0.4, -0.2) is 19.8 Å². The first-order chi connectivity index (χ1) is 7.31. The maximum Gasteiger partial charge on any atom is 0.206 e. The van der Waals surface area contributed by atoms with Gasteiger partial charge in [0.15, 0.2) is 0 Å². The van der Waals surface area contributed by atoms with Crippen LogP contribution >= 0.6 is 11.6 Å². The molecule has 1 saturated heterocycles. The van der Waals surface area contributed by atoms with Crippen molar-refractivity contribution in [3.05, 3.63) is 29.8 Å². The Labute approximate surface area is 94.3 Å². The van der Waals surface area contributed by atoms with Crippen LogP contribution < -0.4 is 10.1 Å². The molecule has 1 aromatic carbocycles.